The zero-order valence-corrected chi connectivity index (χ0v) is 16.4. The number of allylic oxidation sites excluding steroid dienone is 1. The molecule has 2 rings (SSSR count). The average molecular weight is 393 g/mol. The van der Waals surface area contributed by atoms with Gasteiger partial charge in [-0.25, -0.2) is 0 Å². The fraction of sp³-hybridized carbons (Fsp3) is 0.238. The number of ether oxygens (including phenoxy) is 3. The molecule has 0 atom stereocenters. The largest absolute Gasteiger partial charge is 0.491 e. The molecule has 5 heteroatoms. The molecule has 0 radical (unpaired) electrons. The quantitative estimate of drug-likeness (QED) is 0.444. The third-order valence-electron chi connectivity index (χ3n) is 3.30. The topological polar surface area (TPSA) is 27.7 Å². The second kappa shape index (κ2) is 10.1. The van der Waals surface area contributed by atoms with Crippen LogP contribution in [-0.4, -0.2) is 12.7 Å². The van der Waals surface area contributed by atoms with Crippen molar-refractivity contribution in [3.05, 3.63) is 71.3 Å². The molecule has 0 bridgehead atoms. The zero-order chi connectivity index (χ0) is 18.9. The maximum Gasteiger partial charge on any atom is 0.127 e. The molecule has 0 saturated carbocycles. The van der Waals surface area contributed by atoms with E-state index in [0.717, 1.165) is 28.6 Å². The van der Waals surface area contributed by atoms with Crippen LogP contribution in [0.5, 0.6) is 23.0 Å². The van der Waals surface area contributed by atoms with Crippen LogP contribution in [0.2, 0.25) is 0 Å². The van der Waals surface area contributed by atoms with Gasteiger partial charge in [0.1, 0.15) is 34.1 Å². The van der Waals surface area contributed by atoms with Crippen molar-refractivity contribution in [2.24, 2.45) is 0 Å². The number of benzene rings is 2. The van der Waals surface area contributed by atoms with Crippen molar-refractivity contribution < 1.29 is 14.2 Å². The van der Waals surface area contributed by atoms with Crippen molar-refractivity contribution in [3.63, 3.8) is 0 Å². The van der Waals surface area contributed by atoms with E-state index in [1.165, 1.54) is 0 Å². The highest BCUT2D eigenvalue weighted by Gasteiger charge is 2.07. The molecule has 0 aliphatic heterocycles. The van der Waals surface area contributed by atoms with Crippen LogP contribution in [0.4, 0.5) is 0 Å². The summed E-state index contributed by atoms with van der Waals surface area (Å²) in [5.41, 5.74) is 0.969. The maximum atomic E-state index is 5.92. The van der Waals surface area contributed by atoms with E-state index in [1.807, 2.05) is 62.4 Å². The zero-order valence-electron chi connectivity index (χ0n) is 14.9. The standard InChI is InChI=1S/C21H22Cl2O3/c1-4-5-16-14-19(10-11-20(16)24-13-12-21(22)23)26-18-8-6-17(7-9-18)25-15(2)3/h4,6-12,14-15H,1,5,13H2,2-3H3. The van der Waals surface area contributed by atoms with Crippen LogP contribution in [0, 0.1) is 0 Å². The van der Waals surface area contributed by atoms with Gasteiger partial charge in [-0.05, 0) is 68.8 Å². The molecule has 2 aromatic rings. The van der Waals surface area contributed by atoms with E-state index in [-0.39, 0.29) is 10.6 Å². The lowest BCUT2D eigenvalue weighted by Gasteiger charge is -2.13. The summed E-state index contributed by atoms with van der Waals surface area (Å²) < 4.78 is 17.4. The van der Waals surface area contributed by atoms with Gasteiger partial charge >= 0.3 is 0 Å². The van der Waals surface area contributed by atoms with Crippen molar-refractivity contribution in [1.29, 1.82) is 0 Å². The van der Waals surface area contributed by atoms with Gasteiger partial charge in [0.25, 0.3) is 0 Å². The van der Waals surface area contributed by atoms with Gasteiger partial charge in [0.2, 0.25) is 0 Å². The van der Waals surface area contributed by atoms with Crippen LogP contribution in [0.25, 0.3) is 0 Å². The van der Waals surface area contributed by atoms with Gasteiger partial charge in [-0.2, -0.15) is 0 Å². The molecule has 0 N–H and O–H groups in total. The second-order valence-electron chi connectivity index (χ2n) is 5.81. The molecule has 2 aromatic carbocycles. The molecule has 0 aromatic heterocycles. The Morgan fingerprint density at radius 1 is 1.04 bits per heavy atom. The predicted molar refractivity (Wildman–Crippen MR) is 108 cm³/mol. The summed E-state index contributed by atoms with van der Waals surface area (Å²) in [6, 6.07) is 13.2. The van der Waals surface area contributed by atoms with Crippen molar-refractivity contribution >= 4 is 23.2 Å². The molecular formula is C21H22Cl2O3. The van der Waals surface area contributed by atoms with Gasteiger partial charge in [-0.1, -0.05) is 29.3 Å². The summed E-state index contributed by atoms with van der Waals surface area (Å²) in [6.45, 7) is 8.07. The third kappa shape index (κ3) is 6.66. The lowest BCUT2D eigenvalue weighted by Crippen LogP contribution is -2.05. The molecular weight excluding hydrogens is 371 g/mol. The summed E-state index contributed by atoms with van der Waals surface area (Å²) in [5, 5.41) is 0. The van der Waals surface area contributed by atoms with Gasteiger partial charge in [0, 0.05) is 5.56 Å². The van der Waals surface area contributed by atoms with E-state index in [0.29, 0.717) is 13.0 Å². The summed E-state index contributed by atoms with van der Waals surface area (Å²) in [7, 11) is 0. The Labute approximate surface area is 164 Å². The van der Waals surface area contributed by atoms with Crippen molar-refractivity contribution in [3.8, 4) is 23.0 Å². The van der Waals surface area contributed by atoms with E-state index in [1.54, 1.807) is 6.08 Å². The lowest BCUT2D eigenvalue weighted by molar-refractivity contribution is 0.242. The molecule has 0 unspecified atom stereocenters. The Balaban J connectivity index is 2.10. The van der Waals surface area contributed by atoms with Crippen LogP contribution < -0.4 is 14.2 Å². The Hall–Kier alpha value is -2.10. The summed E-state index contributed by atoms with van der Waals surface area (Å²) in [5.74, 6) is 3.01. The highest BCUT2D eigenvalue weighted by molar-refractivity contribution is 6.55. The fourth-order valence-electron chi connectivity index (χ4n) is 2.26. The number of hydrogen-bond acceptors (Lipinski definition) is 3. The SMILES string of the molecule is C=CCc1cc(Oc2ccc(OC(C)C)cc2)ccc1OCC=C(Cl)Cl. The highest BCUT2D eigenvalue weighted by Crippen LogP contribution is 2.29. The van der Waals surface area contributed by atoms with Gasteiger partial charge in [0.15, 0.2) is 0 Å². The van der Waals surface area contributed by atoms with Crippen LogP contribution in [-0.2, 0) is 6.42 Å². The molecule has 0 aliphatic carbocycles. The Morgan fingerprint density at radius 3 is 2.31 bits per heavy atom. The summed E-state index contributed by atoms with van der Waals surface area (Å²) in [6.07, 6.45) is 4.20. The first-order valence-electron chi connectivity index (χ1n) is 8.30. The van der Waals surface area contributed by atoms with E-state index in [4.69, 9.17) is 37.4 Å². The minimum absolute atomic E-state index is 0.138. The van der Waals surface area contributed by atoms with Gasteiger partial charge in [-0.3, -0.25) is 0 Å². The van der Waals surface area contributed by atoms with Crippen LogP contribution in [0.3, 0.4) is 0 Å². The highest BCUT2D eigenvalue weighted by atomic mass is 35.5. The van der Waals surface area contributed by atoms with E-state index in [2.05, 4.69) is 6.58 Å². The molecule has 0 spiro atoms. The first kappa shape index (κ1) is 20.2. The number of hydrogen-bond donors (Lipinski definition) is 0. The van der Waals surface area contributed by atoms with Crippen LogP contribution >= 0.6 is 23.2 Å². The Bertz CT molecular complexity index is 748. The lowest BCUT2D eigenvalue weighted by atomic mass is 10.1. The van der Waals surface area contributed by atoms with E-state index in [9.17, 15) is 0 Å². The normalized spacial score (nSPS) is 10.3. The third-order valence-corrected chi connectivity index (χ3v) is 3.61. The Morgan fingerprint density at radius 2 is 1.69 bits per heavy atom. The smallest absolute Gasteiger partial charge is 0.127 e. The predicted octanol–water partition coefficient (Wildman–Crippen LogP) is 6.69. The van der Waals surface area contributed by atoms with Crippen molar-refractivity contribution in [2.75, 3.05) is 6.61 Å². The first-order valence-corrected chi connectivity index (χ1v) is 9.06. The summed E-state index contributed by atoms with van der Waals surface area (Å²) in [4.78, 5) is 0. The van der Waals surface area contributed by atoms with Gasteiger partial charge < -0.3 is 14.2 Å². The second-order valence-corrected chi connectivity index (χ2v) is 6.82. The Kier molecular flexibility index (Phi) is 7.89. The number of rotatable bonds is 9. The molecule has 0 saturated heterocycles. The molecule has 0 fully saturated rings. The van der Waals surface area contributed by atoms with Crippen LogP contribution in [0.15, 0.2) is 65.7 Å². The number of halogens is 2. The molecule has 0 heterocycles. The summed E-state index contributed by atoms with van der Waals surface area (Å²) >= 11 is 11.2. The molecule has 0 amide bonds. The van der Waals surface area contributed by atoms with Gasteiger partial charge in [-0.15, -0.1) is 6.58 Å². The van der Waals surface area contributed by atoms with Crippen molar-refractivity contribution in [1.82, 2.24) is 0 Å². The van der Waals surface area contributed by atoms with Crippen LogP contribution in [0.1, 0.15) is 19.4 Å². The average Bonchev–Trinajstić information content (AvgIpc) is 2.58. The maximum absolute atomic E-state index is 5.92. The van der Waals surface area contributed by atoms with E-state index < -0.39 is 0 Å². The monoisotopic (exact) mass is 392 g/mol. The minimum Gasteiger partial charge on any atom is -0.491 e. The molecule has 3 nitrogen and oxygen atoms in total. The fourth-order valence-corrected chi connectivity index (χ4v) is 2.39. The minimum atomic E-state index is 0.138. The van der Waals surface area contributed by atoms with Gasteiger partial charge in [0.05, 0.1) is 6.10 Å². The molecule has 138 valence electrons. The van der Waals surface area contributed by atoms with Crippen molar-refractivity contribution in [2.45, 2.75) is 26.4 Å². The van der Waals surface area contributed by atoms with E-state index >= 15 is 0 Å². The first-order chi connectivity index (χ1) is 12.5. The molecule has 0 aliphatic rings. The molecule has 26 heavy (non-hydrogen) atoms.